The van der Waals surface area contributed by atoms with Crippen LogP contribution in [0.2, 0.25) is 0 Å². The molecule has 0 aliphatic heterocycles. The lowest BCUT2D eigenvalue weighted by atomic mass is 9.98. The van der Waals surface area contributed by atoms with Gasteiger partial charge in [-0.1, -0.05) is 11.6 Å². The first kappa shape index (κ1) is 7.80. The van der Waals surface area contributed by atoms with Crippen molar-refractivity contribution < 1.29 is 9.63 Å². The van der Waals surface area contributed by atoms with Crippen molar-refractivity contribution in [3.63, 3.8) is 0 Å². The molecule has 1 aromatic heterocycles. The van der Waals surface area contributed by atoms with Gasteiger partial charge in [0.05, 0.1) is 12.3 Å². The van der Waals surface area contributed by atoms with E-state index >= 15 is 0 Å². The van der Waals surface area contributed by atoms with Crippen LogP contribution in [0, 0.1) is 5.92 Å². The molecule has 0 radical (unpaired) electrons. The lowest BCUT2D eigenvalue weighted by Gasteiger charge is -2.11. The quantitative estimate of drug-likeness (QED) is 0.723. The smallest absolute Gasteiger partial charge is 0.126 e. The average Bonchev–Trinajstić information content (AvgIpc) is 2.65. The van der Waals surface area contributed by atoms with E-state index in [0.29, 0.717) is 5.92 Å². The highest BCUT2D eigenvalue weighted by Gasteiger charge is 2.25. The summed E-state index contributed by atoms with van der Waals surface area (Å²) in [6, 6.07) is 0. The molecule has 1 aromatic rings. The molecule has 1 aliphatic rings. The van der Waals surface area contributed by atoms with Crippen LogP contribution in [-0.2, 0) is 6.42 Å². The summed E-state index contributed by atoms with van der Waals surface area (Å²) in [4.78, 5) is 0. The molecule has 1 aliphatic carbocycles. The summed E-state index contributed by atoms with van der Waals surface area (Å²) in [6.07, 6.45) is 7.42. The SMILES string of the molecule is OC1CCCC1Cc1cnoc1. The van der Waals surface area contributed by atoms with Crippen LogP contribution in [0.25, 0.3) is 0 Å². The average molecular weight is 167 g/mol. The number of rotatable bonds is 2. The molecular formula is C9H13NO2. The number of aliphatic hydroxyl groups excluding tert-OH is 1. The molecule has 1 saturated carbocycles. The van der Waals surface area contributed by atoms with Crippen molar-refractivity contribution in [1.29, 1.82) is 0 Å². The van der Waals surface area contributed by atoms with Gasteiger partial charge in [0.25, 0.3) is 0 Å². The molecule has 1 fully saturated rings. The number of hydrogen-bond acceptors (Lipinski definition) is 3. The minimum absolute atomic E-state index is 0.111. The van der Waals surface area contributed by atoms with E-state index in [2.05, 4.69) is 5.16 Å². The van der Waals surface area contributed by atoms with Crippen molar-refractivity contribution in [3.8, 4) is 0 Å². The molecule has 2 atom stereocenters. The van der Waals surface area contributed by atoms with Gasteiger partial charge in [0.15, 0.2) is 0 Å². The van der Waals surface area contributed by atoms with Gasteiger partial charge in [0, 0.05) is 5.56 Å². The fourth-order valence-electron chi connectivity index (χ4n) is 1.89. The second-order valence-corrected chi connectivity index (χ2v) is 3.50. The second-order valence-electron chi connectivity index (χ2n) is 3.50. The molecule has 2 rings (SSSR count). The Hall–Kier alpha value is -0.830. The first-order valence-corrected chi connectivity index (χ1v) is 4.42. The van der Waals surface area contributed by atoms with Crippen molar-refractivity contribution in [1.82, 2.24) is 5.16 Å². The fraction of sp³-hybridized carbons (Fsp3) is 0.667. The Bertz CT molecular complexity index is 233. The summed E-state index contributed by atoms with van der Waals surface area (Å²) < 4.78 is 4.73. The molecule has 3 heteroatoms. The molecule has 0 aromatic carbocycles. The van der Waals surface area contributed by atoms with Gasteiger partial charge in [-0.25, -0.2) is 0 Å². The Morgan fingerprint density at radius 3 is 3.08 bits per heavy atom. The van der Waals surface area contributed by atoms with Crippen LogP contribution in [0.5, 0.6) is 0 Å². The topological polar surface area (TPSA) is 46.3 Å². The monoisotopic (exact) mass is 167 g/mol. The number of aromatic nitrogens is 1. The Balaban J connectivity index is 1.95. The maximum absolute atomic E-state index is 9.54. The molecule has 1 N–H and O–H groups in total. The highest BCUT2D eigenvalue weighted by Crippen LogP contribution is 2.28. The van der Waals surface area contributed by atoms with Crippen LogP contribution in [-0.4, -0.2) is 16.4 Å². The van der Waals surface area contributed by atoms with Gasteiger partial charge in [-0.05, 0) is 25.2 Å². The first-order chi connectivity index (χ1) is 5.86. The van der Waals surface area contributed by atoms with E-state index in [-0.39, 0.29) is 6.10 Å². The minimum Gasteiger partial charge on any atom is -0.393 e. The van der Waals surface area contributed by atoms with E-state index in [4.69, 9.17) is 4.52 Å². The van der Waals surface area contributed by atoms with E-state index in [0.717, 1.165) is 31.2 Å². The van der Waals surface area contributed by atoms with Gasteiger partial charge in [-0.2, -0.15) is 0 Å². The molecule has 0 spiro atoms. The van der Waals surface area contributed by atoms with E-state index in [1.807, 2.05) is 0 Å². The predicted octanol–water partition coefficient (Wildman–Crippen LogP) is 1.38. The maximum atomic E-state index is 9.54. The van der Waals surface area contributed by atoms with Crippen molar-refractivity contribution in [2.24, 2.45) is 5.92 Å². The molecule has 0 bridgehead atoms. The van der Waals surface area contributed by atoms with Gasteiger partial charge in [-0.15, -0.1) is 0 Å². The largest absolute Gasteiger partial charge is 0.393 e. The third kappa shape index (κ3) is 1.50. The number of aliphatic hydroxyl groups is 1. The number of hydrogen-bond donors (Lipinski definition) is 1. The van der Waals surface area contributed by atoms with Crippen LogP contribution in [0.15, 0.2) is 17.0 Å². The van der Waals surface area contributed by atoms with Crippen LogP contribution >= 0.6 is 0 Å². The fourth-order valence-corrected chi connectivity index (χ4v) is 1.89. The van der Waals surface area contributed by atoms with Gasteiger partial charge >= 0.3 is 0 Å². The van der Waals surface area contributed by atoms with Gasteiger partial charge in [0.2, 0.25) is 0 Å². The maximum Gasteiger partial charge on any atom is 0.126 e. The Labute approximate surface area is 71.4 Å². The summed E-state index contributed by atoms with van der Waals surface area (Å²) in [5, 5.41) is 13.2. The van der Waals surface area contributed by atoms with Crippen LogP contribution in [0.1, 0.15) is 24.8 Å². The zero-order chi connectivity index (χ0) is 8.39. The molecule has 1 heterocycles. The van der Waals surface area contributed by atoms with Crippen molar-refractivity contribution >= 4 is 0 Å². The first-order valence-electron chi connectivity index (χ1n) is 4.42. The van der Waals surface area contributed by atoms with Gasteiger partial charge in [-0.3, -0.25) is 0 Å². The summed E-state index contributed by atoms with van der Waals surface area (Å²) in [7, 11) is 0. The highest BCUT2D eigenvalue weighted by molar-refractivity contribution is 5.03. The van der Waals surface area contributed by atoms with Crippen LogP contribution < -0.4 is 0 Å². The molecular weight excluding hydrogens is 154 g/mol. The summed E-state index contributed by atoms with van der Waals surface area (Å²) in [6.45, 7) is 0. The Morgan fingerprint density at radius 1 is 1.58 bits per heavy atom. The Morgan fingerprint density at radius 2 is 2.50 bits per heavy atom. The summed E-state index contributed by atoms with van der Waals surface area (Å²) in [5.41, 5.74) is 1.10. The van der Waals surface area contributed by atoms with Crippen LogP contribution in [0.3, 0.4) is 0 Å². The molecule has 2 unspecified atom stereocenters. The lowest BCUT2D eigenvalue weighted by molar-refractivity contribution is 0.132. The zero-order valence-corrected chi connectivity index (χ0v) is 6.94. The third-order valence-corrected chi connectivity index (χ3v) is 2.60. The van der Waals surface area contributed by atoms with E-state index in [9.17, 15) is 5.11 Å². The molecule has 0 amide bonds. The standard InChI is InChI=1S/C9H13NO2/c11-9-3-1-2-8(9)4-7-5-10-12-6-7/h5-6,8-9,11H,1-4H2. The van der Waals surface area contributed by atoms with Crippen molar-refractivity contribution in [2.45, 2.75) is 31.8 Å². The molecule has 3 nitrogen and oxygen atoms in total. The van der Waals surface area contributed by atoms with Crippen LogP contribution in [0.4, 0.5) is 0 Å². The Kier molecular flexibility index (Phi) is 2.13. The summed E-state index contributed by atoms with van der Waals surface area (Å²) >= 11 is 0. The van der Waals surface area contributed by atoms with E-state index in [1.165, 1.54) is 0 Å². The number of nitrogens with zero attached hydrogens (tertiary/aromatic N) is 1. The molecule has 66 valence electrons. The van der Waals surface area contributed by atoms with E-state index < -0.39 is 0 Å². The summed E-state index contributed by atoms with van der Waals surface area (Å²) in [5.74, 6) is 0.421. The van der Waals surface area contributed by atoms with Gasteiger partial charge in [0.1, 0.15) is 6.26 Å². The third-order valence-electron chi connectivity index (χ3n) is 2.60. The lowest BCUT2D eigenvalue weighted by Crippen LogP contribution is -2.15. The van der Waals surface area contributed by atoms with Gasteiger partial charge < -0.3 is 9.63 Å². The molecule has 12 heavy (non-hydrogen) atoms. The normalized spacial score (nSPS) is 29.4. The highest BCUT2D eigenvalue weighted by atomic mass is 16.5. The van der Waals surface area contributed by atoms with Crippen molar-refractivity contribution in [2.75, 3.05) is 0 Å². The predicted molar refractivity (Wildman–Crippen MR) is 43.6 cm³/mol. The van der Waals surface area contributed by atoms with Crippen molar-refractivity contribution in [3.05, 3.63) is 18.0 Å². The minimum atomic E-state index is -0.111. The molecule has 0 saturated heterocycles. The van der Waals surface area contributed by atoms with E-state index in [1.54, 1.807) is 12.5 Å². The zero-order valence-electron chi connectivity index (χ0n) is 6.94. The second kappa shape index (κ2) is 3.27.